The van der Waals surface area contributed by atoms with Crippen LogP contribution in [-0.4, -0.2) is 15.0 Å². The molecule has 248 valence electrons. The highest BCUT2D eigenvalue weighted by molar-refractivity contribution is 6.19. The molecular formula is C49H31N3O. The average Bonchev–Trinajstić information content (AvgIpc) is 3.62. The van der Waals surface area contributed by atoms with Gasteiger partial charge in [-0.15, -0.1) is 0 Å². The predicted octanol–water partition coefficient (Wildman–Crippen LogP) is 12.9. The van der Waals surface area contributed by atoms with Crippen LogP contribution in [0.3, 0.4) is 0 Å². The second kappa shape index (κ2) is 12.9. The lowest BCUT2D eigenvalue weighted by Crippen LogP contribution is -2.00. The van der Waals surface area contributed by atoms with Crippen molar-refractivity contribution in [1.82, 2.24) is 15.0 Å². The number of benzene rings is 8. The zero-order chi connectivity index (χ0) is 35.1. The van der Waals surface area contributed by atoms with Gasteiger partial charge in [0.1, 0.15) is 11.2 Å². The molecule has 4 heteroatoms. The Hall–Kier alpha value is -7.17. The van der Waals surface area contributed by atoms with E-state index in [1.807, 2.05) is 60.7 Å². The van der Waals surface area contributed by atoms with Crippen LogP contribution in [0.5, 0.6) is 0 Å². The summed E-state index contributed by atoms with van der Waals surface area (Å²) in [6.07, 6.45) is 0. The third-order valence-corrected chi connectivity index (χ3v) is 9.91. The van der Waals surface area contributed by atoms with Crippen molar-refractivity contribution in [3.63, 3.8) is 0 Å². The van der Waals surface area contributed by atoms with E-state index in [1.54, 1.807) is 0 Å². The van der Waals surface area contributed by atoms with Gasteiger partial charge in [0.15, 0.2) is 17.5 Å². The molecule has 0 spiro atoms. The van der Waals surface area contributed by atoms with Gasteiger partial charge in [-0.05, 0) is 69.1 Å². The average molecular weight is 678 g/mol. The zero-order valence-electron chi connectivity index (χ0n) is 28.6. The number of rotatable bonds is 6. The Balaban J connectivity index is 1.09. The Morgan fingerprint density at radius 3 is 1.40 bits per heavy atom. The molecule has 0 radical (unpaired) electrons. The minimum Gasteiger partial charge on any atom is -0.455 e. The second-order valence-corrected chi connectivity index (χ2v) is 13.2. The number of furan rings is 1. The van der Waals surface area contributed by atoms with Gasteiger partial charge in [-0.25, -0.2) is 15.0 Å². The van der Waals surface area contributed by atoms with Crippen molar-refractivity contribution >= 4 is 32.7 Å². The Kier molecular flexibility index (Phi) is 7.43. The highest BCUT2D eigenvalue weighted by Crippen LogP contribution is 2.41. The van der Waals surface area contributed by atoms with Crippen LogP contribution in [0.15, 0.2) is 192 Å². The fourth-order valence-corrected chi connectivity index (χ4v) is 7.29. The number of fused-ring (bicyclic) bond motifs is 5. The number of aromatic nitrogens is 3. The molecule has 0 unspecified atom stereocenters. The maximum absolute atomic E-state index is 6.55. The number of hydrogen-bond acceptors (Lipinski definition) is 4. The van der Waals surface area contributed by atoms with E-state index in [1.165, 1.54) is 11.1 Å². The molecule has 0 fully saturated rings. The van der Waals surface area contributed by atoms with Crippen molar-refractivity contribution in [3.05, 3.63) is 188 Å². The van der Waals surface area contributed by atoms with E-state index in [-0.39, 0.29) is 0 Å². The molecule has 0 N–H and O–H groups in total. The first-order chi connectivity index (χ1) is 26.2. The number of nitrogens with zero attached hydrogens (tertiary/aromatic N) is 3. The van der Waals surface area contributed by atoms with Gasteiger partial charge >= 0.3 is 0 Å². The molecule has 0 amide bonds. The van der Waals surface area contributed by atoms with Gasteiger partial charge in [0.25, 0.3) is 0 Å². The van der Waals surface area contributed by atoms with Crippen molar-refractivity contribution in [2.24, 2.45) is 0 Å². The summed E-state index contributed by atoms with van der Waals surface area (Å²) in [5, 5.41) is 4.47. The van der Waals surface area contributed by atoms with E-state index in [0.29, 0.717) is 17.5 Å². The molecule has 0 bridgehead atoms. The lowest BCUT2D eigenvalue weighted by Gasteiger charge is -2.12. The summed E-state index contributed by atoms with van der Waals surface area (Å²) in [7, 11) is 0. The maximum Gasteiger partial charge on any atom is 0.164 e. The Morgan fingerprint density at radius 2 is 0.755 bits per heavy atom. The first-order valence-corrected chi connectivity index (χ1v) is 17.8. The van der Waals surface area contributed by atoms with Gasteiger partial charge in [0.2, 0.25) is 0 Å². The zero-order valence-corrected chi connectivity index (χ0v) is 28.6. The highest BCUT2D eigenvalue weighted by Gasteiger charge is 2.17. The maximum atomic E-state index is 6.55. The summed E-state index contributed by atoms with van der Waals surface area (Å²) in [5.41, 5.74) is 11.5. The molecule has 0 saturated heterocycles. The molecule has 4 nitrogen and oxygen atoms in total. The van der Waals surface area contributed by atoms with E-state index in [4.69, 9.17) is 19.4 Å². The molecule has 0 aliphatic heterocycles. The van der Waals surface area contributed by atoms with Crippen LogP contribution in [0, 0.1) is 0 Å². The third-order valence-electron chi connectivity index (χ3n) is 9.91. The van der Waals surface area contributed by atoms with Gasteiger partial charge in [0.05, 0.1) is 0 Å². The van der Waals surface area contributed by atoms with Crippen LogP contribution in [0.4, 0.5) is 0 Å². The Labute approximate surface area is 306 Å². The summed E-state index contributed by atoms with van der Waals surface area (Å²) in [5.74, 6) is 1.92. The van der Waals surface area contributed by atoms with Crippen molar-refractivity contribution in [1.29, 1.82) is 0 Å². The highest BCUT2D eigenvalue weighted by atomic mass is 16.3. The van der Waals surface area contributed by atoms with Gasteiger partial charge in [-0.1, -0.05) is 158 Å². The van der Waals surface area contributed by atoms with E-state index in [2.05, 4.69) is 127 Å². The van der Waals surface area contributed by atoms with Crippen LogP contribution in [0.2, 0.25) is 0 Å². The minimum atomic E-state index is 0.633. The summed E-state index contributed by atoms with van der Waals surface area (Å²) in [6, 6.07) is 65.3. The summed E-state index contributed by atoms with van der Waals surface area (Å²) in [4.78, 5) is 14.8. The SMILES string of the molecule is c1ccc(-c2ccc3oc4c5ccccc5c(-c5cccc(-c6cccc(-c7nc(-c8ccccc8)nc(-c8ccccc8)n7)c6)c5)cc4c3c2)cc1. The van der Waals surface area contributed by atoms with Crippen molar-refractivity contribution in [3.8, 4) is 67.5 Å². The molecule has 53 heavy (non-hydrogen) atoms. The molecule has 2 heterocycles. The Bertz CT molecular complexity index is 2880. The smallest absolute Gasteiger partial charge is 0.164 e. The molecule has 10 rings (SSSR count). The molecular weight excluding hydrogens is 647 g/mol. The fourth-order valence-electron chi connectivity index (χ4n) is 7.29. The third kappa shape index (κ3) is 5.63. The molecule has 0 aliphatic rings. The molecule has 0 aliphatic carbocycles. The molecule has 10 aromatic rings. The van der Waals surface area contributed by atoms with E-state index in [0.717, 1.165) is 71.7 Å². The Morgan fingerprint density at radius 1 is 0.283 bits per heavy atom. The normalized spacial score (nSPS) is 11.4. The largest absolute Gasteiger partial charge is 0.455 e. The van der Waals surface area contributed by atoms with Crippen LogP contribution in [-0.2, 0) is 0 Å². The van der Waals surface area contributed by atoms with E-state index in [9.17, 15) is 0 Å². The monoisotopic (exact) mass is 677 g/mol. The summed E-state index contributed by atoms with van der Waals surface area (Å²) < 4.78 is 6.55. The predicted molar refractivity (Wildman–Crippen MR) is 217 cm³/mol. The van der Waals surface area contributed by atoms with Crippen molar-refractivity contribution in [2.75, 3.05) is 0 Å². The van der Waals surface area contributed by atoms with Crippen LogP contribution >= 0.6 is 0 Å². The van der Waals surface area contributed by atoms with E-state index >= 15 is 0 Å². The molecule has 0 atom stereocenters. The standard InChI is InChI=1S/C49H31N3O/c1-4-14-32(15-5-1)37-26-27-45-43(30-37)44-31-42(40-24-10-11-25-41(40)46(44)53-45)38-22-12-20-35(28-38)36-21-13-23-39(29-36)49-51-47(33-16-6-2-7-17-33)50-48(52-49)34-18-8-3-9-19-34/h1-31H. The fraction of sp³-hybridized carbons (Fsp3) is 0. The quantitative estimate of drug-likeness (QED) is 0.176. The molecule has 0 saturated carbocycles. The number of hydrogen-bond donors (Lipinski definition) is 0. The second-order valence-electron chi connectivity index (χ2n) is 13.2. The van der Waals surface area contributed by atoms with Gasteiger partial charge in [-0.2, -0.15) is 0 Å². The molecule has 2 aromatic heterocycles. The van der Waals surface area contributed by atoms with Crippen molar-refractivity contribution in [2.45, 2.75) is 0 Å². The molecule has 8 aromatic carbocycles. The van der Waals surface area contributed by atoms with Gasteiger partial charge in [-0.3, -0.25) is 0 Å². The lowest BCUT2D eigenvalue weighted by molar-refractivity contribution is 0.673. The van der Waals surface area contributed by atoms with Crippen LogP contribution in [0.1, 0.15) is 0 Å². The van der Waals surface area contributed by atoms with Crippen molar-refractivity contribution < 1.29 is 4.42 Å². The lowest BCUT2D eigenvalue weighted by atomic mass is 9.92. The van der Waals surface area contributed by atoms with Crippen LogP contribution < -0.4 is 0 Å². The van der Waals surface area contributed by atoms with Crippen LogP contribution in [0.25, 0.3) is 100 Å². The first-order valence-electron chi connectivity index (χ1n) is 17.8. The topological polar surface area (TPSA) is 51.8 Å². The first kappa shape index (κ1) is 30.6. The minimum absolute atomic E-state index is 0.633. The summed E-state index contributed by atoms with van der Waals surface area (Å²) in [6.45, 7) is 0. The van der Waals surface area contributed by atoms with E-state index < -0.39 is 0 Å². The van der Waals surface area contributed by atoms with Gasteiger partial charge < -0.3 is 4.42 Å². The summed E-state index contributed by atoms with van der Waals surface area (Å²) >= 11 is 0. The van der Waals surface area contributed by atoms with Gasteiger partial charge in [0, 0.05) is 32.8 Å².